The molecule has 8 rings (SSSR count). The number of carbonyl (C=O) groups is 2. The third-order valence-corrected chi connectivity index (χ3v) is 11.6. The number of imidazole rings is 1. The van der Waals surface area contributed by atoms with Crippen LogP contribution in [0.4, 0.5) is 10.1 Å². The highest BCUT2D eigenvalue weighted by molar-refractivity contribution is 6.36. The van der Waals surface area contributed by atoms with Crippen molar-refractivity contribution in [3.05, 3.63) is 92.2 Å². The summed E-state index contributed by atoms with van der Waals surface area (Å²) < 4.78 is 29.9. The Balaban J connectivity index is 1.05. The summed E-state index contributed by atoms with van der Waals surface area (Å²) in [4.78, 5) is 33.7. The van der Waals surface area contributed by atoms with Crippen LogP contribution in [-0.4, -0.2) is 70.1 Å². The molecule has 4 aromatic rings. The van der Waals surface area contributed by atoms with Gasteiger partial charge in [-0.25, -0.2) is 4.98 Å². The zero-order valence-electron chi connectivity index (χ0n) is 28.5. The SMILES string of the molecule is COc1c(CN2CCC(C(=O)O)C2)cc(Cl)c(OC2c3cccc(-c4cccc(NC(=O)c5nc6c(n5C)CCN(C)C6)c4Cl)c3C3CC32)c1F. The third-order valence-electron chi connectivity index (χ3n) is 10.9. The molecule has 3 heterocycles. The molecular formula is C38H38Cl2FN5O5. The van der Waals surface area contributed by atoms with Crippen molar-refractivity contribution in [2.45, 2.75) is 44.4 Å². The second-order valence-corrected chi connectivity index (χ2v) is 14.9. The van der Waals surface area contributed by atoms with Crippen molar-refractivity contribution in [3.63, 3.8) is 0 Å². The van der Waals surface area contributed by atoms with Gasteiger partial charge in [-0.1, -0.05) is 53.5 Å². The smallest absolute Gasteiger partial charge is 0.307 e. The van der Waals surface area contributed by atoms with Crippen molar-refractivity contribution in [2.24, 2.45) is 18.9 Å². The lowest BCUT2D eigenvalue weighted by atomic mass is 9.93. The summed E-state index contributed by atoms with van der Waals surface area (Å²) in [5.74, 6) is -1.63. The van der Waals surface area contributed by atoms with Gasteiger partial charge in [0, 0.05) is 62.4 Å². The molecule has 0 spiro atoms. The van der Waals surface area contributed by atoms with E-state index in [2.05, 4.69) is 15.2 Å². The topological polar surface area (TPSA) is 109 Å². The highest BCUT2D eigenvalue weighted by atomic mass is 35.5. The van der Waals surface area contributed by atoms with Crippen LogP contribution in [0.25, 0.3) is 11.1 Å². The fraction of sp³-hybridized carbons (Fsp3) is 0.395. The number of nitrogens with one attached hydrogen (secondary N) is 1. The summed E-state index contributed by atoms with van der Waals surface area (Å²) in [6.07, 6.45) is 1.81. The molecule has 0 radical (unpaired) electrons. The summed E-state index contributed by atoms with van der Waals surface area (Å²) >= 11 is 13.7. The second-order valence-electron chi connectivity index (χ2n) is 14.1. The molecule has 0 bridgehead atoms. The minimum absolute atomic E-state index is 0.0381. The van der Waals surface area contributed by atoms with Crippen molar-refractivity contribution in [1.82, 2.24) is 19.4 Å². The molecule has 1 saturated carbocycles. The highest BCUT2D eigenvalue weighted by Crippen LogP contribution is 2.65. The standard InChI is InChI=1S/C38H38Cl2FN5O5/c1-44-12-11-29-28(18-44)42-36(45(29)2)37(47)43-27-9-5-7-22(31(27)40)21-6-4-8-23-30(21)24-15-25(24)34(23)51-35-26(39)14-20(33(50-3)32(35)41)17-46-13-10-19(16-46)38(48)49/h4-9,14,19,24-25,34H,10-13,15-18H2,1-3H3,(H,43,47)(H,48,49). The Morgan fingerprint density at radius 2 is 1.88 bits per heavy atom. The number of amides is 1. The first-order valence-corrected chi connectivity index (χ1v) is 17.9. The van der Waals surface area contributed by atoms with Crippen LogP contribution >= 0.6 is 23.2 Å². The predicted molar refractivity (Wildman–Crippen MR) is 191 cm³/mol. The first-order chi connectivity index (χ1) is 24.5. The van der Waals surface area contributed by atoms with E-state index in [1.807, 2.05) is 53.9 Å². The Labute approximate surface area is 305 Å². The molecule has 266 valence electrons. The molecule has 3 aromatic carbocycles. The molecule has 4 unspecified atom stereocenters. The molecule has 1 amide bonds. The molecule has 1 saturated heterocycles. The summed E-state index contributed by atoms with van der Waals surface area (Å²) in [5.41, 5.74) is 6.77. The maximum atomic E-state index is 16.1. The number of fused-ring (bicyclic) bond motifs is 4. The predicted octanol–water partition coefficient (Wildman–Crippen LogP) is 6.93. The van der Waals surface area contributed by atoms with Gasteiger partial charge in [-0.15, -0.1) is 0 Å². The first kappa shape index (κ1) is 34.0. The van der Waals surface area contributed by atoms with Crippen molar-refractivity contribution in [3.8, 4) is 22.6 Å². The Morgan fingerprint density at radius 3 is 2.65 bits per heavy atom. The summed E-state index contributed by atoms with van der Waals surface area (Å²) in [6, 6.07) is 13.2. The number of aliphatic carboxylic acids is 1. The van der Waals surface area contributed by atoms with Gasteiger partial charge in [0.05, 0.1) is 34.5 Å². The zero-order chi connectivity index (χ0) is 35.7. The number of methoxy groups -OCH3 is 1. The van der Waals surface area contributed by atoms with E-state index in [-0.39, 0.29) is 34.3 Å². The number of anilines is 1. The average molecular weight is 735 g/mol. The molecule has 10 nitrogen and oxygen atoms in total. The number of carboxylic acid groups (broad SMARTS) is 1. The van der Waals surface area contributed by atoms with Crippen LogP contribution in [0.3, 0.4) is 0 Å². The Morgan fingerprint density at radius 1 is 1.10 bits per heavy atom. The average Bonchev–Trinajstić information content (AvgIpc) is 3.44. The van der Waals surface area contributed by atoms with E-state index in [1.54, 1.807) is 12.1 Å². The van der Waals surface area contributed by atoms with Crippen molar-refractivity contribution in [1.29, 1.82) is 0 Å². The number of ether oxygens (including phenoxy) is 2. The van der Waals surface area contributed by atoms with Crippen LogP contribution in [-0.2, 0) is 31.4 Å². The third kappa shape index (κ3) is 5.93. The summed E-state index contributed by atoms with van der Waals surface area (Å²) in [6.45, 7) is 2.89. The highest BCUT2D eigenvalue weighted by Gasteiger charge is 2.55. The summed E-state index contributed by atoms with van der Waals surface area (Å²) in [7, 11) is 5.32. The van der Waals surface area contributed by atoms with Crippen LogP contribution in [0.1, 0.15) is 63.6 Å². The van der Waals surface area contributed by atoms with E-state index >= 15 is 4.39 Å². The lowest BCUT2D eigenvalue weighted by molar-refractivity contribution is -0.141. The molecule has 4 aliphatic rings. The number of carboxylic acids is 1. The minimum Gasteiger partial charge on any atom is -0.493 e. The second kappa shape index (κ2) is 13.1. The van der Waals surface area contributed by atoms with E-state index in [0.717, 1.165) is 53.0 Å². The van der Waals surface area contributed by atoms with E-state index in [1.165, 1.54) is 7.11 Å². The molecule has 4 atom stereocenters. The van der Waals surface area contributed by atoms with Gasteiger partial charge >= 0.3 is 5.97 Å². The maximum absolute atomic E-state index is 16.1. The monoisotopic (exact) mass is 733 g/mol. The van der Waals surface area contributed by atoms with Crippen LogP contribution in [0, 0.1) is 17.7 Å². The number of nitrogens with zero attached hydrogens (tertiary/aromatic N) is 4. The lowest BCUT2D eigenvalue weighted by Crippen LogP contribution is -2.27. The Kier molecular flexibility index (Phi) is 8.73. The van der Waals surface area contributed by atoms with Crippen molar-refractivity contribution >= 4 is 40.8 Å². The quantitative estimate of drug-likeness (QED) is 0.191. The fourth-order valence-electron chi connectivity index (χ4n) is 8.24. The molecule has 51 heavy (non-hydrogen) atoms. The van der Waals surface area contributed by atoms with Crippen LogP contribution in [0.15, 0.2) is 42.5 Å². The van der Waals surface area contributed by atoms with Crippen molar-refractivity contribution in [2.75, 3.05) is 39.1 Å². The number of carbonyl (C=O) groups excluding carboxylic acids is 1. The number of hydrogen-bond donors (Lipinski definition) is 2. The van der Waals surface area contributed by atoms with Crippen LogP contribution in [0.2, 0.25) is 10.0 Å². The van der Waals surface area contributed by atoms with Gasteiger partial charge in [0.1, 0.15) is 6.10 Å². The number of likely N-dealkylation sites (tertiary alicyclic amines) is 1. The molecule has 2 fully saturated rings. The number of benzene rings is 3. The van der Waals surface area contributed by atoms with Gasteiger partial charge in [-0.3, -0.25) is 14.5 Å². The first-order valence-electron chi connectivity index (χ1n) is 17.2. The number of likely N-dealkylation sites (N-methyl/N-ethyl adjacent to an activating group) is 1. The van der Waals surface area contributed by atoms with Gasteiger partial charge in [0.15, 0.2) is 17.3 Å². The van der Waals surface area contributed by atoms with Crippen LogP contribution < -0.4 is 14.8 Å². The number of halogens is 3. The molecular weight excluding hydrogens is 696 g/mol. The number of hydrogen-bond acceptors (Lipinski definition) is 7. The van der Waals surface area contributed by atoms with E-state index in [0.29, 0.717) is 54.7 Å². The van der Waals surface area contributed by atoms with Gasteiger partial charge in [-0.2, -0.15) is 4.39 Å². The van der Waals surface area contributed by atoms with Crippen LogP contribution in [0.5, 0.6) is 11.5 Å². The van der Waals surface area contributed by atoms with E-state index in [9.17, 15) is 14.7 Å². The van der Waals surface area contributed by atoms with Crippen molar-refractivity contribution < 1.29 is 28.6 Å². The molecule has 2 aliphatic heterocycles. The lowest BCUT2D eigenvalue weighted by Gasteiger charge is -2.23. The Bertz CT molecular complexity index is 2090. The fourth-order valence-corrected chi connectivity index (χ4v) is 8.78. The van der Waals surface area contributed by atoms with Gasteiger partial charge in [-0.05, 0) is 61.2 Å². The number of rotatable bonds is 9. The molecule has 2 N–H and O–H groups in total. The molecule has 1 aromatic heterocycles. The number of aromatic nitrogens is 2. The van der Waals surface area contributed by atoms with Gasteiger partial charge in [0.2, 0.25) is 5.82 Å². The Hall–Kier alpha value is -4.16. The van der Waals surface area contributed by atoms with E-state index < -0.39 is 23.8 Å². The van der Waals surface area contributed by atoms with Gasteiger partial charge in [0.25, 0.3) is 5.91 Å². The molecule has 2 aliphatic carbocycles. The molecule has 13 heteroatoms. The zero-order valence-corrected chi connectivity index (χ0v) is 30.0. The largest absolute Gasteiger partial charge is 0.493 e. The summed E-state index contributed by atoms with van der Waals surface area (Å²) in [5, 5.41) is 12.9. The minimum atomic E-state index is -0.829. The van der Waals surface area contributed by atoms with E-state index in [4.69, 9.17) is 32.7 Å². The normalized spacial score (nSPS) is 22.3. The maximum Gasteiger partial charge on any atom is 0.307 e. The van der Waals surface area contributed by atoms with Gasteiger partial charge < -0.3 is 29.4 Å².